The zero-order valence-corrected chi connectivity index (χ0v) is 9.68. The van der Waals surface area contributed by atoms with Crippen molar-refractivity contribution in [3.63, 3.8) is 0 Å². The Kier molecular flexibility index (Phi) is 2.29. The molecule has 3 rings (SSSR count). The number of rotatable bonds is 2. The molecule has 0 bridgehead atoms. The van der Waals surface area contributed by atoms with Gasteiger partial charge in [-0.2, -0.15) is 0 Å². The minimum Gasteiger partial charge on any atom is -0.478 e. The number of aromatic nitrogens is 3. The third-order valence-electron chi connectivity index (χ3n) is 3.23. The van der Waals surface area contributed by atoms with Crippen molar-refractivity contribution in [2.45, 2.75) is 25.3 Å². The monoisotopic (exact) mass is 251 g/mol. The first-order valence-corrected chi connectivity index (χ1v) is 5.83. The molecule has 1 fully saturated rings. The molecule has 6 heteroatoms. The van der Waals surface area contributed by atoms with Gasteiger partial charge in [0.1, 0.15) is 5.52 Å². The van der Waals surface area contributed by atoms with Crippen LogP contribution in [0.15, 0.2) is 12.1 Å². The zero-order chi connectivity index (χ0) is 12.0. The topological polar surface area (TPSA) is 68.0 Å². The fourth-order valence-electron chi connectivity index (χ4n) is 2.04. The quantitative estimate of drug-likeness (QED) is 0.890. The van der Waals surface area contributed by atoms with Gasteiger partial charge in [-0.25, -0.2) is 9.48 Å². The minimum absolute atomic E-state index is 0.0693. The van der Waals surface area contributed by atoms with Gasteiger partial charge in [0, 0.05) is 0 Å². The number of benzene rings is 1. The highest BCUT2D eigenvalue weighted by Crippen LogP contribution is 2.34. The summed E-state index contributed by atoms with van der Waals surface area (Å²) in [6.45, 7) is 0. The van der Waals surface area contributed by atoms with Crippen LogP contribution in [0.3, 0.4) is 0 Å². The van der Waals surface area contributed by atoms with E-state index in [0.29, 0.717) is 11.6 Å². The van der Waals surface area contributed by atoms with Gasteiger partial charge in [-0.05, 0) is 31.4 Å². The molecule has 1 heterocycles. The second-order valence-electron chi connectivity index (χ2n) is 4.22. The van der Waals surface area contributed by atoms with E-state index in [-0.39, 0.29) is 10.6 Å². The van der Waals surface area contributed by atoms with E-state index >= 15 is 0 Å². The number of halogens is 1. The van der Waals surface area contributed by atoms with Crippen molar-refractivity contribution in [1.29, 1.82) is 0 Å². The second kappa shape index (κ2) is 3.70. The van der Waals surface area contributed by atoms with Gasteiger partial charge >= 0.3 is 5.97 Å². The number of hydrogen-bond donors (Lipinski definition) is 1. The predicted octanol–water partition coefficient (Wildman–Crippen LogP) is 2.51. The molecule has 0 amide bonds. The fraction of sp³-hybridized carbons (Fsp3) is 0.364. The van der Waals surface area contributed by atoms with Crippen LogP contribution in [-0.4, -0.2) is 26.1 Å². The Morgan fingerprint density at radius 2 is 2.24 bits per heavy atom. The van der Waals surface area contributed by atoms with E-state index in [1.807, 2.05) is 4.68 Å². The van der Waals surface area contributed by atoms with E-state index in [2.05, 4.69) is 10.3 Å². The lowest BCUT2D eigenvalue weighted by atomic mass is 9.93. The van der Waals surface area contributed by atoms with Crippen LogP contribution in [0.1, 0.15) is 35.7 Å². The molecule has 0 spiro atoms. The van der Waals surface area contributed by atoms with Crippen LogP contribution in [0.4, 0.5) is 0 Å². The second-order valence-corrected chi connectivity index (χ2v) is 4.60. The van der Waals surface area contributed by atoms with Gasteiger partial charge in [0.15, 0.2) is 0 Å². The van der Waals surface area contributed by atoms with Crippen molar-refractivity contribution < 1.29 is 9.90 Å². The zero-order valence-electron chi connectivity index (χ0n) is 8.93. The van der Waals surface area contributed by atoms with Gasteiger partial charge in [0.2, 0.25) is 0 Å². The summed E-state index contributed by atoms with van der Waals surface area (Å²) in [5, 5.41) is 17.2. The lowest BCUT2D eigenvalue weighted by Gasteiger charge is -2.25. The number of carboxylic acid groups (broad SMARTS) is 1. The Labute approximate surface area is 102 Å². The molecule has 0 atom stereocenters. The summed E-state index contributed by atoms with van der Waals surface area (Å²) in [5.41, 5.74) is 1.35. The molecule has 17 heavy (non-hydrogen) atoms. The average Bonchev–Trinajstić information content (AvgIpc) is 2.60. The third-order valence-corrected chi connectivity index (χ3v) is 3.62. The summed E-state index contributed by atoms with van der Waals surface area (Å²) in [6, 6.07) is 3.61. The van der Waals surface area contributed by atoms with Crippen LogP contribution < -0.4 is 0 Å². The normalized spacial score (nSPS) is 16.1. The lowest BCUT2D eigenvalue weighted by Crippen LogP contribution is -2.18. The number of carboxylic acids is 1. The molecule has 0 aliphatic heterocycles. The smallest absolute Gasteiger partial charge is 0.337 e. The Hall–Kier alpha value is -1.62. The first-order chi connectivity index (χ1) is 8.18. The van der Waals surface area contributed by atoms with Crippen LogP contribution in [0, 0.1) is 0 Å². The summed E-state index contributed by atoms with van der Waals surface area (Å²) >= 11 is 6.02. The number of nitrogens with zero attached hydrogens (tertiary/aromatic N) is 3. The molecule has 0 saturated heterocycles. The largest absolute Gasteiger partial charge is 0.478 e. The minimum atomic E-state index is -1.05. The maximum atomic E-state index is 10.9. The molecule has 1 aliphatic carbocycles. The first-order valence-electron chi connectivity index (χ1n) is 5.45. The SMILES string of the molecule is O=C(O)c1ccc2c(nnn2C2CCC2)c1Cl. The number of aromatic carboxylic acids is 1. The molecule has 2 aromatic rings. The molecule has 88 valence electrons. The lowest BCUT2D eigenvalue weighted by molar-refractivity contribution is 0.0697. The molecule has 1 saturated carbocycles. The summed E-state index contributed by atoms with van der Waals surface area (Å²) in [7, 11) is 0. The third kappa shape index (κ3) is 1.50. The number of carbonyl (C=O) groups is 1. The van der Waals surface area contributed by atoms with Crippen molar-refractivity contribution in [3.8, 4) is 0 Å². The van der Waals surface area contributed by atoms with E-state index in [9.17, 15) is 4.79 Å². The van der Waals surface area contributed by atoms with Gasteiger partial charge in [-0.1, -0.05) is 16.8 Å². The Balaban J connectivity index is 2.18. The Morgan fingerprint density at radius 1 is 1.47 bits per heavy atom. The van der Waals surface area contributed by atoms with Crippen molar-refractivity contribution in [1.82, 2.24) is 15.0 Å². The molecule has 1 aromatic heterocycles. The highest BCUT2D eigenvalue weighted by molar-refractivity contribution is 6.37. The fourth-order valence-corrected chi connectivity index (χ4v) is 2.32. The van der Waals surface area contributed by atoms with Crippen molar-refractivity contribution >= 4 is 28.6 Å². The van der Waals surface area contributed by atoms with Crippen LogP contribution in [-0.2, 0) is 0 Å². The number of fused-ring (bicyclic) bond motifs is 1. The predicted molar refractivity (Wildman–Crippen MR) is 62.4 cm³/mol. The van der Waals surface area contributed by atoms with Crippen molar-refractivity contribution in [3.05, 3.63) is 22.7 Å². The molecule has 5 nitrogen and oxygen atoms in total. The Bertz CT molecular complexity index is 604. The molecule has 0 radical (unpaired) electrons. The average molecular weight is 252 g/mol. The first kappa shape index (κ1) is 10.5. The summed E-state index contributed by atoms with van der Waals surface area (Å²) in [5.74, 6) is -1.05. The van der Waals surface area contributed by atoms with Gasteiger partial charge in [-0.15, -0.1) is 5.10 Å². The van der Waals surface area contributed by atoms with E-state index in [4.69, 9.17) is 16.7 Å². The van der Waals surface area contributed by atoms with Gasteiger partial charge in [0.05, 0.1) is 22.1 Å². The van der Waals surface area contributed by atoms with Crippen molar-refractivity contribution in [2.24, 2.45) is 0 Å². The van der Waals surface area contributed by atoms with E-state index < -0.39 is 5.97 Å². The Morgan fingerprint density at radius 3 is 2.82 bits per heavy atom. The molecular formula is C11H10ClN3O2. The van der Waals surface area contributed by atoms with E-state index in [1.54, 1.807) is 6.07 Å². The highest BCUT2D eigenvalue weighted by atomic mass is 35.5. The maximum Gasteiger partial charge on any atom is 0.337 e. The maximum absolute atomic E-state index is 10.9. The van der Waals surface area contributed by atoms with Crippen LogP contribution in [0.5, 0.6) is 0 Å². The van der Waals surface area contributed by atoms with Crippen LogP contribution in [0.2, 0.25) is 5.02 Å². The van der Waals surface area contributed by atoms with Gasteiger partial charge in [-0.3, -0.25) is 0 Å². The van der Waals surface area contributed by atoms with Crippen LogP contribution >= 0.6 is 11.6 Å². The van der Waals surface area contributed by atoms with Gasteiger partial charge < -0.3 is 5.11 Å². The van der Waals surface area contributed by atoms with E-state index in [1.165, 1.54) is 12.5 Å². The molecule has 1 aromatic carbocycles. The standard InChI is InChI=1S/C11H10ClN3O2/c12-9-7(11(16)17)4-5-8-10(9)13-14-15(8)6-2-1-3-6/h4-6H,1-3H2,(H,16,17). The van der Waals surface area contributed by atoms with Crippen LogP contribution in [0.25, 0.3) is 11.0 Å². The summed E-state index contributed by atoms with van der Waals surface area (Å²) in [4.78, 5) is 10.9. The van der Waals surface area contributed by atoms with E-state index in [0.717, 1.165) is 18.4 Å². The molecular weight excluding hydrogens is 242 g/mol. The highest BCUT2D eigenvalue weighted by Gasteiger charge is 2.24. The molecule has 1 aliphatic rings. The number of hydrogen-bond acceptors (Lipinski definition) is 3. The van der Waals surface area contributed by atoms with Gasteiger partial charge in [0.25, 0.3) is 0 Å². The van der Waals surface area contributed by atoms with Crippen molar-refractivity contribution in [2.75, 3.05) is 0 Å². The molecule has 0 unspecified atom stereocenters. The molecule has 1 N–H and O–H groups in total. The summed E-state index contributed by atoms with van der Waals surface area (Å²) < 4.78 is 1.84. The summed E-state index contributed by atoms with van der Waals surface area (Å²) in [6.07, 6.45) is 3.39.